The summed E-state index contributed by atoms with van der Waals surface area (Å²) in [7, 11) is 3.26. The van der Waals surface area contributed by atoms with Crippen LogP contribution < -0.4 is 0 Å². The van der Waals surface area contributed by atoms with E-state index in [1.165, 1.54) is 9.58 Å². The second-order valence-electron chi connectivity index (χ2n) is 4.38. The number of carbonyl (C=O) groups excluding carboxylic acids is 1. The van der Waals surface area contributed by atoms with E-state index in [1.807, 2.05) is 6.92 Å². The van der Waals surface area contributed by atoms with Gasteiger partial charge >= 0.3 is 5.97 Å². The number of aliphatic carboxylic acids is 1. The van der Waals surface area contributed by atoms with Crippen LogP contribution >= 0.6 is 0 Å². The fourth-order valence-corrected chi connectivity index (χ4v) is 1.62. The Morgan fingerprint density at radius 2 is 2.17 bits per heavy atom. The third-order valence-corrected chi connectivity index (χ3v) is 2.67. The highest BCUT2D eigenvalue weighted by molar-refractivity contribution is 5.91. The van der Waals surface area contributed by atoms with Crippen molar-refractivity contribution in [3.8, 4) is 0 Å². The van der Waals surface area contributed by atoms with Crippen molar-refractivity contribution in [2.45, 2.75) is 32.2 Å². The minimum absolute atomic E-state index is 0.228. The molecule has 1 aromatic heterocycles. The highest BCUT2D eigenvalue weighted by Gasteiger charge is 2.21. The lowest BCUT2D eigenvalue weighted by atomic mass is 10.1. The molecule has 6 heteroatoms. The molecule has 0 spiro atoms. The van der Waals surface area contributed by atoms with Crippen molar-refractivity contribution in [3.63, 3.8) is 0 Å². The Labute approximate surface area is 106 Å². The zero-order valence-corrected chi connectivity index (χ0v) is 11.0. The van der Waals surface area contributed by atoms with Crippen molar-refractivity contribution in [2.75, 3.05) is 14.1 Å². The number of carboxylic acids is 1. The van der Waals surface area contributed by atoms with Crippen LogP contribution in [0.5, 0.6) is 0 Å². The van der Waals surface area contributed by atoms with Crippen molar-refractivity contribution in [3.05, 3.63) is 18.0 Å². The van der Waals surface area contributed by atoms with E-state index in [2.05, 4.69) is 5.10 Å². The van der Waals surface area contributed by atoms with Gasteiger partial charge in [0, 0.05) is 20.3 Å². The van der Waals surface area contributed by atoms with Gasteiger partial charge in [-0.1, -0.05) is 19.8 Å². The third kappa shape index (κ3) is 3.32. The van der Waals surface area contributed by atoms with Gasteiger partial charge in [-0.05, 0) is 12.5 Å². The minimum atomic E-state index is -0.921. The number of rotatable bonds is 6. The Balaban J connectivity index is 2.87. The van der Waals surface area contributed by atoms with Gasteiger partial charge in [-0.15, -0.1) is 0 Å². The number of nitrogens with zero attached hydrogens (tertiary/aromatic N) is 3. The molecule has 1 unspecified atom stereocenters. The maximum atomic E-state index is 11.7. The van der Waals surface area contributed by atoms with Gasteiger partial charge in [-0.3, -0.25) is 9.48 Å². The van der Waals surface area contributed by atoms with E-state index >= 15 is 0 Å². The maximum absolute atomic E-state index is 11.7. The molecule has 0 fully saturated rings. The molecule has 0 bridgehead atoms. The molecule has 0 aromatic carbocycles. The SMILES string of the molecule is CCCCC(C(=O)O)n1ccc(C(=O)N(C)C)n1. The highest BCUT2D eigenvalue weighted by Crippen LogP contribution is 2.15. The zero-order valence-electron chi connectivity index (χ0n) is 11.0. The lowest BCUT2D eigenvalue weighted by Gasteiger charge is -2.12. The summed E-state index contributed by atoms with van der Waals surface area (Å²) < 4.78 is 1.36. The summed E-state index contributed by atoms with van der Waals surface area (Å²) in [6.07, 6.45) is 3.80. The van der Waals surface area contributed by atoms with Crippen molar-refractivity contribution < 1.29 is 14.7 Å². The van der Waals surface area contributed by atoms with Crippen molar-refractivity contribution in [2.24, 2.45) is 0 Å². The first-order chi connectivity index (χ1) is 8.47. The summed E-state index contributed by atoms with van der Waals surface area (Å²) >= 11 is 0. The van der Waals surface area contributed by atoms with E-state index in [-0.39, 0.29) is 11.6 Å². The molecule has 0 saturated carbocycles. The molecule has 6 nitrogen and oxygen atoms in total. The molecule has 1 rings (SSSR count). The van der Waals surface area contributed by atoms with E-state index in [9.17, 15) is 9.59 Å². The Morgan fingerprint density at radius 1 is 1.50 bits per heavy atom. The summed E-state index contributed by atoms with van der Waals surface area (Å²) in [6.45, 7) is 2.00. The summed E-state index contributed by atoms with van der Waals surface area (Å²) in [4.78, 5) is 24.2. The van der Waals surface area contributed by atoms with E-state index < -0.39 is 12.0 Å². The number of unbranched alkanes of at least 4 members (excludes halogenated alkanes) is 1. The molecule has 1 atom stereocenters. The molecule has 100 valence electrons. The topological polar surface area (TPSA) is 75.4 Å². The van der Waals surface area contributed by atoms with Crippen molar-refractivity contribution in [1.29, 1.82) is 0 Å². The summed E-state index contributed by atoms with van der Waals surface area (Å²) in [5, 5.41) is 13.2. The highest BCUT2D eigenvalue weighted by atomic mass is 16.4. The molecule has 0 radical (unpaired) electrons. The molecule has 0 aliphatic carbocycles. The van der Waals surface area contributed by atoms with Crippen LogP contribution in [0.15, 0.2) is 12.3 Å². The average molecular weight is 253 g/mol. The fraction of sp³-hybridized carbons (Fsp3) is 0.583. The third-order valence-electron chi connectivity index (χ3n) is 2.67. The van der Waals surface area contributed by atoms with Gasteiger partial charge in [0.1, 0.15) is 11.7 Å². The number of carboxylic acid groups (broad SMARTS) is 1. The van der Waals surface area contributed by atoms with Crippen LogP contribution in [0.1, 0.15) is 42.7 Å². The van der Waals surface area contributed by atoms with Gasteiger partial charge in [0.25, 0.3) is 5.91 Å². The van der Waals surface area contributed by atoms with Gasteiger partial charge in [0.05, 0.1) is 0 Å². The Kier molecular flexibility index (Phi) is 4.88. The predicted molar refractivity (Wildman–Crippen MR) is 66.4 cm³/mol. The fourth-order valence-electron chi connectivity index (χ4n) is 1.62. The van der Waals surface area contributed by atoms with Crippen LogP contribution in [0.25, 0.3) is 0 Å². The summed E-state index contributed by atoms with van der Waals surface area (Å²) in [5.74, 6) is -1.15. The van der Waals surface area contributed by atoms with E-state index in [0.29, 0.717) is 6.42 Å². The van der Waals surface area contributed by atoms with E-state index in [0.717, 1.165) is 12.8 Å². The molecular formula is C12H19N3O3. The van der Waals surface area contributed by atoms with Crippen LogP contribution in [0.4, 0.5) is 0 Å². The van der Waals surface area contributed by atoms with Gasteiger partial charge in [-0.2, -0.15) is 5.10 Å². The van der Waals surface area contributed by atoms with Gasteiger partial charge in [0.2, 0.25) is 0 Å². The predicted octanol–water partition coefficient (Wildman–Crippen LogP) is 1.40. The summed E-state index contributed by atoms with van der Waals surface area (Å²) in [5.41, 5.74) is 0.266. The number of hydrogen-bond acceptors (Lipinski definition) is 3. The average Bonchev–Trinajstić information content (AvgIpc) is 2.77. The van der Waals surface area contributed by atoms with Gasteiger partial charge < -0.3 is 10.0 Å². The smallest absolute Gasteiger partial charge is 0.328 e. The zero-order chi connectivity index (χ0) is 13.7. The van der Waals surface area contributed by atoms with Gasteiger partial charge in [-0.25, -0.2) is 4.79 Å². The monoisotopic (exact) mass is 253 g/mol. The molecule has 1 aromatic rings. The Hall–Kier alpha value is -1.85. The van der Waals surface area contributed by atoms with Crippen LogP contribution in [-0.2, 0) is 4.79 Å². The van der Waals surface area contributed by atoms with Crippen LogP contribution in [0.2, 0.25) is 0 Å². The van der Waals surface area contributed by atoms with E-state index in [1.54, 1.807) is 26.4 Å². The van der Waals surface area contributed by atoms with Crippen LogP contribution in [-0.4, -0.2) is 45.8 Å². The number of aromatic nitrogens is 2. The second-order valence-corrected chi connectivity index (χ2v) is 4.38. The van der Waals surface area contributed by atoms with Crippen molar-refractivity contribution in [1.82, 2.24) is 14.7 Å². The molecule has 1 N–H and O–H groups in total. The molecule has 1 amide bonds. The lowest BCUT2D eigenvalue weighted by molar-refractivity contribution is -0.141. The molecule has 0 saturated heterocycles. The normalized spacial score (nSPS) is 12.2. The first kappa shape index (κ1) is 14.2. The van der Waals surface area contributed by atoms with Gasteiger partial charge in [0.15, 0.2) is 0 Å². The molecular weight excluding hydrogens is 234 g/mol. The molecule has 0 aliphatic heterocycles. The van der Waals surface area contributed by atoms with E-state index in [4.69, 9.17) is 5.11 Å². The first-order valence-corrected chi connectivity index (χ1v) is 5.97. The molecule has 1 heterocycles. The Morgan fingerprint density at radius 3 is 2.67 bits per heavy atom. The second kappa shape index (κ2) is 6.18. The number of carbonyl (C=O) groups is 2. The lowest BCUT2D eigenvalue weighted by Crippen LogP contribution is -2.24. The number of hydrogen-bond donors (Lipinski definition) is 1. The maximum Gasteiger partial charge on any atom is 0.328 e. The first-order valence-electron chi connectivity index (χ1n) is 5.97. The molecule has 18 heavy (non-hydrogen) atoms. The summed E-state index contributed by atoms with van der Waals surface area (Å²) in [6, 6.07) is 0.846. The van der Waals surface area contributed by atoms with Crippen LogP contribution in [0, 0.1) is 0 Å². The molecule has 0 aliphatic rings. The van der Waals surface area contributed by atoms with Crippen molar-refractivity contribution >= 4 is 11.9 Å². The Bertz CT molecular complexity index is 426. The quantitative estimate of drug-likeness (QED) is 0.831. The minimum Gasteiger partial charge on any atom is -0.480 e. The standard InChI is InChI=1S/C12H19N3O3/c1-4-5-6-10(12(17)18)15-8-7-9(13-15)11(16)14(2)3/h7-8,10H,4-6H2,1-3H3,(H,17,18). The largest absolute Gasteiger partial charge is 0.480 e. The van der Waals surface area contributed by atoms with Crippen LogP contribution in [0.3, 0.4) is 0 Å². The number of amides is 1.